The maximum Gasteiger partial charge on any atom is 0.165 e. The van der Waals surface area contributed by atoms with Crippen LogP contribution in [0.5, 0.6) is 5.75 Å². The molecule has 4 heteroatoms. The van der Waals surface area contributed by atoms with Gasteiger partial charge in [-0.1, -0.05) is 35.5 Å². The van der Waals surface area contributed by atoms with E-state index in [0.29, 0.717) is 5.56 Å². The smallest absolute Gasteiger partial charge is 0.165 e. The molecule has 3 nitrogen and oxygen atoms in total. The molecule has 0 atom stereocenters. The van der Waals surface area contributed by atoms with Crippen LogP contribution in [-0.4, -0.2) is 5.11 Å². The Morgan fingerprint density at radius 3 is 2.29 bits per heavy atom. The molecule has 17 heavy (non-hydrogen) atoms. The van der Waals surface area contributed by atoms with Gasteiger partial charge in [-0.2, -0.15) is 4.91 Å². The van der Waals surface area contributed by atoms with Crippen molar-refractivity contribution in [2.75, 3.05) is 0 Å². The number of halogens is 1. The summed E-state index contributed by atoms with van der Waals surface area (Å²) in [6.07, 6.45) is 0. The van der Waals surface area contributed by atoms with Crippen LogP contribution >= 0.6 is 0 Å². The van der Waals surface area contributed by atoms with Crippen molar-refractivity contribution < 1.29 is 9.50 Å². The molecule has 0 saturated carbocycles. The third-order valence-corrected chi connectivity index (χ3v) is 2.48. The zero-order chi connectivity index (χ0) is 12.3. The van der Waals surface area contributed by atoms with Crippen LogP contribution in [0.3, 0.4) is 0 Å². The SMILES string of the molecule is O=NCc1ccc(-c2ccc(O)c(F)c2)cc1. The zero-order valence-corrected chi connectivity index (χ0v) is 8.93. The van der Waals surface area contributed by atoms with E-state index in [0.717, 1.165) is 11.1 Å². The highest BCUT2D eigenvalue weighted by molar-refractivity contribution is 5.64. The van der Waals surface area contributed by atoms with Gasteiger partial charge >= 0.3 is 0 Å². The summed E-state index contributed by atoms with van der Waals surface area (Å²) in [6, 6.07) is 11.3. The summed E-state index contributed by atoms with van der Waals surface area (Å²) in [6.45, 7) is 0.129. The van der Waals surface area contributed by atoms with Crippen molar-refractivity contribution in [1.82, 2.24) is 0 Å². The van der Waals surface area contributed by atoms with E-state index in [1.807, 2.05) is 0 Å². The Morgan fingerprint density at radius 1 is 1.06 bits per heavy atom. The van der Waals surface area contributed by atoms with Crippen LogP contribution in [0.2, 0.25) is 0 Å². The first-order valence-corrected chi connectivity index (χ1v) is 5.07. The maximum atomic E-state index is 13.2. The largest absolute Gasteiger partial charge is 0.505 e. The number of benzene rings is 2. The topological polar surface area (TPSA) is 49.7 Å². The second kappa shape index (κ2) is 4.74. The van der Waals surface area contributed by atoms with Crippen LogP contribution < -0.4 is 0 Å². The van der Waals surface area contributed by atoms with Crippen molar-refractivity contribution in [3.63, 3.8) is 0 Å². The van der Waals surface area contributed by atoms with Gasteiger partial charge in [-0.05, 0) is 28.8 Å². The quantitative estimate of drug-likeness (QED) is 0.822. The van der Waals surface area contributed by atoms with Crippen LogP contribution in [-0.2, 0) is 6.54 Å². The highest BCUT2D eigenvalue weighted by Crippen LogP contribution is 2.25. The predicted molar refractivity (Wildman–Crippen MR) is 63.0 cm³/mol. The summed E-state index contributed by atoms with van der Waals surface area (Å²) in [5.74, 6) is -1.02. The molecule has 0 aliphatic rings. The van der Waals surface area contributed by atoms with Gasteiger partial charge in [0.25, 0.3) is 0 Å². The average molecular weight is 231 g/mol. The molecule has 0 saturated heterocycles. The van der Waals surface area contributed by atoms with E-state index < -0.39 is 5.82 Å². The van der Waals surface area contributed by atoms with Gasteiger partial charge in [0.2, 0.25) is 0 Å². The molecule has 1 N–H and O–H groups in total. The second-order valence-corrected chi connectivity index (χ2v) is 3.65. The fourth-order valence-electron chi connectivity index (χ4n) is 1.56. The predicted octanol–water partition coefficient (Wildman–Crippen LogP) is 3.46. The molecule has 0 aliphatic heterocycles. The van der Waals surface area contributed by atoms with E-state index in [1.54, 1.807) is 30.3 Å². The number of nitroso groups, excluding NO2 is 1. The Bertz CT molecular complexity index is 538. The summed E-state index contributed by atoms with van der Waals surface area (Å²) < 4.78 is 13.2. The second-order valence-electron chi connectivity index (χ2n) is 3.65. The van der Waals surface area contributed by atoms with Crippen LogP contribution in [0.4, 0.5) is 4.39 Å². The average Bonchev–Trinajstić information content (AvgIpc) is 2.34. The van der Waals surface area contributed by atoms with Crippen molar-refractivity contribution in [3.8, 4) is 16.9 Å². The number of hydrogen-bond acceptors (Lipinski definition) is 3. The summed E-state index contributed by atoms with van der Waals surface area (Å²) >= 11 is 0. The van der Waals surface area contributed by atoms with Gasteiger partial charge in [0.05, 0.1) is 0 Å². The monoisotopic (exact) mass is 231 g/mol. The van der Waals surface area contributed by atoms with E-state index in [-0.39, 0.29) is 12.3 Å². The molecule has 86 valence electrons. The first kappa shape index (κ1) is 11.3. The zero-order valence-electron chi connectivity index (χ0n) is 8.93. The number of hydrogen-bond donors (Lipinski definition) is 1. The molecule has 0 aromatic heterocycles. The van der Waals surface area contributed by atoms with Crippen LogP contribution in [0.25, 0.3) is 11.1 Å². The molecular weight excluding hydrogens is 221 g/mol. The fraction of sp³-hybridized carbons (Fsp3) is 0.0769. The van der Waals surface area contributed by atoms with E-state index in [9.17, 15) is 9.30 Å². The number of phenolic OH excluding ortho intramolecular Hbond substituents is 1. The number of phenols is 1. The normalized spacial score (nSPS) is 10.2. The molecule has 0 aliphatic carbocycles. The number of nitrogens with zero attached hydrogens (tertiary/aromatic N) is 1. The summed E-state index contributed by atoms with van der Waals surface area (Å²) in [4.78, 5) is 10.1. The van der Waals surface area contributed by atoms with E-state index in [2.05, 4.69) is 5.18 Å². The fourth-order valence-corrected chi connectivity index (χ4v) is 1.56. The highest BCUT2D eigenvalue weighted by atomic mass is 19.1. The molecule has 0 radical (unpaired) electrons. The molecule has 2 aromatic rings. The van der Waals surface area contributed by atoms with Gasteiger partial charge in [0, 0.05) is 0 Å². The lowest BCUT2D eigenvalue weighted by molar-refractivity contribution is 0.432. The lowest BCUT2D eigenvalue weighted by Gasteiger charge is -2.03. The van der Waals surface area contributed by atoms with Gasteiger partial charge in [0.1, 0.15) is 6.54 Å². The molecular formula is C13H10FNO2. The van der Waals surface area contributed by atoms with Gasteiger partial charge in [0.15, 0.2) is 11.6 Å². The van der Waals surface area contributed by atoms with Gasteiger partial charge in [-0.25, -0.2) is 4.39 Å². The van der Waals surface area contributed by atoms with Crippen LogP contribution in [0.1, 0.15) is 5.56 Å². The molecule has 0 unspecified atom stereocenters. The first-order valence-electron chi connectivity index (χ1n) is 5.07. The third kappa shape index (κ3) is 2.47. The minimum Gasteiger partial charge on any atom is -0.505 e. The molecule has 0 spiro atoms. The Morgan fingerprint density at radius 2 is 1.71 bits per heavy atom. The molecule has 0 fully saturated rings. The molecule has 0 amide bonds. The Labute approximate surface area is 97.5 Å². The van der Waals surface area contributed by atoms with Crippen LogP contribution in [0, 0.1) is 10.7 Å². The van der Waals surface area contributed by atoms with Crippen molar-refractivity contribution in [2.45, 2.75) is 6.54 Å². The van der Waals surface area contributed by atoms with Crippen molar-refractivity contribution in [3.05, 3.63) is 58.8 Å². The van der Waals surface area contributed by atoms with E-state index in [4.69, 9.17) is 5.11 Å². The van der Waals surface area contributed by atoms with E-state index in [1.165, 1.54) is 12.1 Å². The highest BCUT2D eigenvalue weighted by Gasteiger charge is 2.03. The summed E-state index contributed by atoms with van der Waals surface area (Å²) in [7, 11) is 0. The van der Waals surface area contributed by atoms with Gasteiger partial charge in [-0.15, -0.1) is 0 Å². The molecule has 2 rings (SSSR count). The maximum absolute atomic E-state index is 13.2. The lowest BCUT2D eigenvalue weighted by Crippen LogP contribution is -1.83. The number of rotatable bonds is 3. The molecule has 2 aromatic carbocycles. The molecule has 0 heterocycles. The lowest BCUT2D eigenvalue weighted by atomic mass is 10.0. The number of aromatic hydroxyl groups is 1. The Balaban J connectivity index is 2.32. The standard InChI is InChI=1S/C13H10FNO2/c14-12-7-11(5-6-13(12)16)10-3-1-9(2-4-10)8-15-17/h1-7,16H,8H2. The van der Waals surface area contributed by atoms with Crippen molar-refractivity contribution >= 4 is 0 Å². The van der Waals surface area contributed by atoms with E-state index >= 15 is 0 Å². The van der Waals surface area contributed by atoms with Crippen LogP contribution in [0.15, 0.2) is 47.6 Å². The molecule has 0 bridgehead atoms. The van der Waals surface area contributed by atoms with Crippen molar-refractivity contribution in [2.24, 2.45) is 5.18 Å². The van der Waals surface area contributed by atoms with Gasteiger partial charge in [-0.3, -0.25) is 0 Å². The Kier molecular flexibility index (Phi) is 3.14. The summed E-state index contributed by atoms with van der Waals surface area (Å²) in [5, 5.41) is 11.9. The minimum absolute atomic E-state index is 0.129. The summed E-state index contributed by atoms with van der Waals surface area (Å²) in [5.41, 5.74) is 2.30. The van der Waals surface area contributed by atoms with Crippen molar-refractivity contribution in [1.29, 1.82) is 0 Å². The third-order valence-electron chi connectivity index (χ3n) is 2.48. The minimum atomic E-state index is -0.652. The van der Waals surface area contributed by atoms with Gasteiger partial charge < -0.3 is 5.11 Å². The Hall–Kier alpha value is -2.23. The first-order chi connectivity index (χ1) is 8.20.